The molecule has 0 radical (unpaired) electrons. The highest BCUT2D eigenvalue weighted by atomic mass is 35.5. The van der Waals surface area contributed by atoms with Crippen molar-refractivity contribution in [3.63, 3.8) is 0 Å². The van der Waals surface area contributed by atoms with Crippen LogP contribution in [0.3, 0.4) is 0 Å². The molecule has 1 fully saturated rings. The van der Waals surface area contributed by atoms with Gasteiger partial charge in [-0.15, -0.1) is 0 Å². The smallest absolute Gasteiger partial charge is 0.131 e. The molecule has 1 heterocycles. The molecule has 2 unspecified atom stereocenters. The molecule has 0 bridgehead atoms. The topological polar surface area (TPSA) is 41.5 Å². The summed E-state index contributed by atoms with van der Waals surface area (Å²) in [5.41, 5.74) is 3.50. The van der Waals surface area contributed by atoms with E-state index in [9.17, 15) is 5.11 Å². The van der Waals surface area contributed by atoms with Gasteiger partial charge in [0.2, 0.25) is 0 Å². The molecular formula is C22H26ClNO2. The van der Waals surface area contributed by atoms with Crippen LogP contribution >= 0.6 is 11.6 Å². The van der Waals surface area contributed by atoms with Crippen LogP contribution < -0.4 is 5.32 Å². The minimum absolute atomic E-state index is 0.0817. The van der Waals surface area contributed by atoms with Crippen molar-refractivity contribution in [1.82, 2.24) is 5.32 Å². The van der Waals surface area contributed by atoms with E-state index in [1.807, 2.05) is 24.3 Å². The molecule has 0 amide bonds. The Hall–Kier alpha value is -1.39. The number of aliphatic hydroxyl groups is 1. The molecule has 0 aromatic heterocycles. The first kappa shape index (κ1) is 18.0. The zero-order valence-electron chi connectivity index (χ0n) is 15.1. The second-order valence-corrected chi connectivity index (χ2v) is 8.12. The molecule has 3 nitrogen and oxygen atoms in total. The quantitative estimate of drug-likeness (QED) is 0.749. The first-order valence-electron chi connectivity index (χ1n) is 9.49. The molecule has 0 saturated heterocycles. The number of halogens is 1. The number of fused-ring (bicyclic) bond motifs is 2. The molecule has 2 N–H and O–H groups in total. The summed E-state index contributed by atoms with van der Waals surface area (Å²) in [4.78, 5) is 0. The van der Waals surface area contributed by atoms with Crippen molar-refractivity contribution in [3.8, 4) is 0 Å². The maximum atomic E-state index is 10.5. The molecular weight excluding hydrogens is 346 g/mol. The van der Waals surface area contributed by atoms with E-state index in [2.05, 4.69) is 36.5 Å². The van der Waals surface area contributed by atoms with Crippen molar-refractivity contribution < 1.29 is 9.84 Å². The zero-order chi connectivity index (χ0) is 18.1. The maximum Gasteiger partial charge on any atom is 0.131 e. The van der Waals surface area contributed by atoms with Gasteiger partial charge >= 0.3 is 0 Å². The lowest BCUT2D eigenvalue weighted by molar-refractivity contribution is -0.0757. The van der Waals surface area contributed by atoms with Crippen LogP contribution in [-0.4, -0.2) is 11.1 Å². The van der Waals surface area contributed by atoms with Crippen molar-refractivity contribution in [3.05, 3.63) is 70.2 Å². The number of nitrogens with one attached hydrogen (secondary N) is 1. The Morgan fingerprint density at radius 3 is 2.54 bits per heavy atom. The molecule has 138 valence electrons. The van der Waals surface area contributed by atoms with Gasteiger partial charge in [-0.1, -0.05) is 48.0 Å². The fourth-order valence-corrected chi connectivity index (χ4v) is 4.66. The van der Waals surface area contributed by atoms with Crippen LogP contribution in [0, 0.1) is 5.92 Å². The van der Waals surface area contributed by atoms with Crippen LogP contribution in [0.1, 0.15) is 55.5 Å². The molecule has 2 atom stereocenters. The standard InChI is InChI=1S/C22H26ClNO2/c1-15(24-21(25)17-6-8-19(23)9-7-17)16-10-12-22(13-11-16)20-5-3-2-4-18(20)14-26-22/h2-9,15-16,21,24-25H,10-14H2,1H3. The summed E-state index contributed by atoms with van der Waals surface area (Å²) in [6.45, 7) is 2.91. The van der Waals surface area contributed by atoms with E-state index in [1.165, 1.54) is 11.1 Å². The number of hydrogen-bond acceptors (Lipinski definition) is 3. The van der Waals surface area contributed by atoms with E-state index in [0.717, 1.165) is 37.9 Å². The molecule has 26 heavy (non-hydrogen) atoms. The maximum absolute atomic E-state index is 10.5. The highest BCUT2D eigenvalue weighted by Gasteiger charge is 2.43. The molecule has 2 aromatic rings. The van der Waals surface area contributed by atoms with Crippen LogP contribution in [-0.2, 0) is 16.9 Å². The summed E-state index contributed by atoms with van der Waals surface area (Å²) >= 11 is 5.93. The van der Waals surface area contributed by atoms with Gasteiger partial charge in [-0.05, 0) is 67.3 Å². The second kappa shape index (κ2) is 7.32. The van der Waals surface area contributed by atoms with Crippen LogP contribution in [0.5, 0.6) is 0 Å². The number of hydrogen-bond donors (Lipinski definition) is 2. The number of aliphatic hydroxyl groups excluding tert-OH is 1. The summed E-state index contributed by atoms with van der Waals surface area (Å²) in [5, 5.41) is 14.5. The van der Waals surface area contributed by atoms with E-state index in [1.54, 1.807) is 0 Å². The molecule has 4 heteroatoms. The first-order chi connectivity index (χ1) is 12.6. The Kier molecular flexibility index (Phi) is 5.07. The normalized spacial score (nSPS) is 27.3. The number of rotatable bonds is 4. The lowest BCUT2D eigenvalue weighted by Crippen LogP contribution is -2.41. The molecule has 1 aliphatic carbocycles. The Morgan fingerprint density at radius 1 is 1.12 bits per heavy atom. The fraction of sp³-hybridized carbons (Fsp3) is 0.455. The summed E-state index contributed by atoms with van der Waals surface area (Å²) in [6.07, 6.45) is 3.66. The van der Waals surface area contributed by atoms with Gasteiger partial charge in [0.05, 0.1) is 12.2 Å². The minimum Gasteiger partial charge on any atom is -0.374 e. The second-order valence-electron chi connectivity index (χ2n) is 7.69. The molecule has 2 aromatic carbocycles. The monoisotopic (exact) mass is 371 g/mol. The third-order valence-corrected chi connectivity index (χ3v) is 6.42. The Bertz CT molecular complexity index is 753. The van der Waals surface area contributed by atoms with Crippen LogP contribution in [0.25, 0.3) is 0 Å². The lowest BCUT2D eigenvalue weighted by atomic mass is 9.73. The van der Waals surface area contributed by atoms with E-state index >= 15 is 0 Å². The van der Waals surface area contributed by atoms with Crippen molar-refractivity contribution in [2.75, 3.05) is 0 Å². The summed E-state index contributed by atoms with van der Waals surface area (Å²) in [5.74, 6) is 0.541. The van der Waals surface area contributed by atoms with Crippen LogP contribution in [0.15, 0.2) is 48.5 Å². The number of benzene rings is 2. The van der Waals surface area contributed by atoms with E-state index in [0.29, 0.717) is 10.9 Å². The molecule has 2 aliphatic rings. The summed E-state index contributed by atoms with van der Waals surface area (Å²) in [7, 11) is 0. The largest absolute Gasteiger partial charge is 0.374 e. The Morgan fingerprint density at radius 2 is 1.81 bits per heavy atom. The highest BCUT2D eigenvalue weighted by Crippen LogP contribution is 2.48. The van der Waals surface area contributed by atoms with E-state index in [4.69, 9.17) is 16.3 Å². The van der Waals surface area contributed by atoms with Crippen molar-refractivity contribution in [2.45, 2.75) is 57.1 Å². The Balaban J connectivity index is 1.37. The minimum atomic E-state index is -0.665. The average Bonchev–Trinajstić information content (AvgIpc) is 3.01. The molecule has 1 spiro atoms. The zero-order valence-corrected chi connectivity index (χ0v) is 15.9. The molecule has 4 rings (SSSR count). The average molecular weight is 372 g/mol. The van der Waals surface area contributed by atoms with Gasteiger partial charge in [0.15, 0.2) is 0 Å². The van der Waals surface area contributed by atoms with Gasteiger partial charge in [-0.2, -0.15) is 0 Å². The van der Waals surface area contributed by atoms with Crippen molar-refractivity contribution in [1.29, 1.82) is 0 Å². The Labute approximate surface area is 160 Å². The van der Waals surface area contributed by atoms with Crippen LogP contribution in [0.4, 0.5) is 0 Å². The van der Waals surface area contributed by atoms with Crippen molar-refractivity contribution in [2.24, 2.45) is 5.92 Å². The van der Waals surface area contributed by atoms with Crippen LogP contribution in [0.2, 0.25) is 5.02 Å². The molecule has 1 aliphatic heterocycles. The highest BCUT2D eigenvalue weighted by molar-refractivity contribution is 6.30. The predicted molar refractivity (Wildman–Crippen MR) is 104 cm³/mol. The van der Waals surface area contributed by atoms with Gasteiger partial charge < -0.3 is 9.84 Å². The first-order valence-corrected chi connectivity index (χ1v) is 9.87. The van der Waals surface area contributed by atoms with E-state index < -0.39 is 6.23 Å². The number of ether oxygens (including phenoxy) is 1. The van der Waals surface area contributed by atoms with Gasteiger partial charge in [0.1, 0.15) is 6.23 Å². The molecule has 1 saturated carbocycles. The van der Waals surface area contributed by atoms with Crippen molar-refractivity contribution >= 4 is 11.6 Å². The summed E-state index contributed by atoms with van der Waals surface area (Å²) < 4.78 is 6.26. The third-order valence-electron chi connectivity index (χ3n) is 6.16. The fourth-order valence-electron chi connectivity index (χ4n) is 4.53. The van der Waals surface area contributed by atoms with E-state index in [-0.39, 0.29) is 11.6 Å². The predicted octanol–water partition coefficient (Wildman–Crippen LogP) is 4.92. The SMILES string of the molecule is CC(NC(O)c1ccc(Cl)cc1)C1CCC2(CC1)OCc1ccccc12. The lowest BCUT2D eigenvalue weighted by Gasteiger charge is -2.40. The third kappa shape index (κ3) is 3.41. The van der Waals surface area contributed by atoms with Gasteiger partial charge in [-0.3, -0.25) is 5.32 Å². The van der Waals surface area contributed by atoms with Gasteiger partial charge in [0.25, 0.3) is 0 Å². The summed E-state index contributed by atoms with van der Waals surface area (Å²) in [6, 6.07) is 16.2. The van der Waals surface area contributed by atoms with Gasteiger partial charge in [0, 0.05) is 11.1 Å². The van der Waals surface area contributed by atoms with Gasteiger partial charge in [-0.25, -0.2) is 0 Å².